The van der Waals surface area contributed by atoms with Crippen molar-refractivity contribution in [3.8, 4) is 0 Å². The van der Waals surface area contributed by atoms with Gasteiger partial charge >= 0.3 is 11.1 Å². The van der Waals surface area contributed by atoms with Gasteiger partial charge in [0.1, 0.15) is 0 Å². The van der Waals surface area contributed by atoms with Gasteiger partial charge in [0, 0.05) is 0 Å². The fourth-order valence-corrected chi connectivity index (χ4v) is 1.59. The van der Waals surface area contributed by atoms with Crippen molar-refractivity contribution in [3.05, 3.63) is 40.6 Å². The van der Waals surface area contributed by atoms with E-state index in [0.717, 1.165) is 0 Å². The average molecular weight is 238 g/mol. The lowest BCUT2D eigenvalue weighted by atomic mass is 10.5. The minimum atomic E-state index is -0.932. The van der Waals surface area contributed by atoms with Crippen molar-refractivity contribution >= 4 is 22.8 Å². The number of carbonyl (C=O) groups is 2. The molecule has 0 aliphatic carbocycles. The molecule has 0 aliphatic heterocycles. The molecule has 0 radical (unpaired) electrons. The van der Waals surface area contributed by atoms with Crippen molar-refractivity contribution in [1.29, 1.82) is 0 Å². The van der Waals surface area contributed by atoms with Gasteiger partial charge in [0.15, 0.2) is 5.43 Å². The Balaban J connectivity index is 2.82. The number of ether oxygens (including phenoxy) is 1. The second kappa shape index (κ2) is 6.07. The van der Waals surface area contributed by atoms with Gasteiger partial charge in [-0.15, -0.1) is 0 Å². The van der Waals surface area contributed by atoms with Crippen LogP contribution in [0.2, 0.25) is 0 Å². The van der Waals surface area contributed by atoms with E-state index in [9.17, 15) is 14.4 Å². The van der Waals surface area contributed by atoms with E-state index < -0.39 is 11.1 Å². The highest BCUT2D eigenvalue weighted by Crippen LogP contribution is 2.14. The van der Waals surface area contributed by atoms with Crippen LogP contribution >= 0.6 is 11.8 Å². The van der Waals surface area contributed by atoms with Crippen molar-refractivity contribution in [2.45, 2.75) is 11.8 Å². The molecular formula is C11H10O4S. The van der Waals surface area contributed by atoms with E-state index in [2.05, 4.69) is 4.74 Å². The second-order valence-electron chi connectivity index (χ2n) is 2.75. The number of hydrogen-bond acceptors (Lipinski definition) is 5. The number of thioether (sulfide) groups is 1. The normalized spacial score (nSPS) is 9.56. The van der Waals surface area contributed by atoms with Gasteiger partial charge < -0.3 is 4.74 Å². The molecule has 0 saturated heterocycles. The summed E-state index contributed by atoms with van der Waals surface area (Å²) in [6, 6.07) is 7.69. The summed E-state index contributed by atoms with van der Waals surface area (Å²) in [6.45, 7) is 1.75. The predicted octanol–water partition coefficient (Wildman–Crippen LogP) is 1.23. The summed E-state index contributed by atoms with van der Waals surface area (Å²) < 4.78 is 4.53. The first-order chi connectivity index (χ1) is 7.65. The van der Waals surface area contributed by atoms with Crippen LogP contribution in [0.15, 0.2) is 40.0 Å². The van der Waals surface area contributed by atoms with Crippen LogP contribution < -0.4 is 5.43 Å². The van der Waals surface area contributed by atoms with Gasteiger partial charge in [0.2, 0.25) is 0 Å². The van der Waals surface area contributed by atoms with Gasteiger partial charge in [-0.1, -0.05) is 18.2 Å². The molecule has 0 aliphatic rings. The maximum atomic E-state index is 11.4. The van der Waals surface area contributed by atoms with E-state index in [0.29, 0.717) is 11.8 Å². The Morgan fingerprint density at radius 1 is 1.25 bits per heavy atom. The van der Waals surface area contributed by atoms with E-state index in [1.807, 2.05) is 0 Å². The summed E-state index contributed by atoms with van der Waals surface area (Å²) >= 11 is 0.586. The highest BCUT2D eigenvalue weighted by Gasteiger charge is 2.17. The number of esters is 1. The monoisotopic (exact) mass is 238 g/mol. The van der Waals surface area contributed by atoms with Gasteiger partial charge in [-0.05, 0) is 30.8 Å². The largest absolute Gasteiger partial charge is 0.460 e. The van der Waals surface area contributed by atoms with E-state index >= 15 is 0 Å². The summed E-state index contributed by atoms with van der Waals surface area (Å²) in [5.74, 6) is -0.932. The van der Waals surface area contributed by atoms with Crippen LogP contribution in [0.5, 0.6) is 0 Å². The summed E-state index contributed by atoms with van der Waals surface area (Å²) in [4.78, 5) is 34.0. The third-order valence-electron chi connectivity index (χ3n) is 1.61. The SMILES string of the molecule is CCOC(=O)C(=O)Sc1cccccc1=O. The quantitative estimate of drug-likeness (QED) is 0.440. The standard InChI is InChI=1S/C11H10O4S/c1-2-15-10(13)11(14)16-9-7-5-3-4-6-8(9)12/h3-7H,2H2,1H3. The van der Waals surface area contributed by atoms with E-state index in [1.165, 1.54) is 12.1 Å². The van der Waals surface area contributed by atoms with Gasteiger partial charge in [0.25, 0.3) is 0 Å². The highest BCUT2D eigenvalue weighted by molar-refractivity contribution is 8.15. The molecule has 0 amide bonds. The molecule has 0 bridgehead atoms. The number of carbonyl (C=O) groups excluding carboxylic acids is 2. The van der Waals surface area contributed by atoms with Crippen LogP contribution in [0.4, 0.5) is 0 Å². The lowest BCUT2D eigenvalue weighted by Crippen LogP contribution is -2.15. The minimum absolute atomic E-state index is 0.137. The van der Waals surface area contributed by atoms with Crippen LogP contribution in [0.25, 0.3) is 0 Å². The summed E-state index contributed by atoms with van der Waals surface area (Å²) in [7, 11) is 0. The molecule has 0 saturated carbocycles. The molecule has 0 unspecified atom stereocenters. The smallest absolute Gasteiger partial charge is 0.386 e. The minimum Gasteiger partial charge on any atom is -0.460 e. The molecule has 0 spiro atoms. The zero-order valence-electron chi connectivity index (χ0n) is 8.64. The molecule has 0 heterocycles. The van der Waals surface area contributed by atoms with Crippen molar-refractivity contribution in [1.82, 2.24) is 0 Å². The lowest BCUT2D eigenvalue weighted by molar-refractivity contribution is -0.149. The first-order valence-electron chi connectivity index (χ1n) is 4.63. The second-order valence-corrected chi connectivity index (χ2v) is 3.76. The molecule has 1 aromatic carbocycles. The van der Waals surface area contributed by atoms with Gasteiger partial charge in [-0.3, -0.25) is 9.59 Å². The molecule has 0 fully saturated rings. The van der Waals surface area contributed by atoms with Crippen molar-refractivity contribution in [3.63, 3.8) is 0 Å². The number of hydrogen-bond donors (Lipinski definition) is 0. The molecule has 0 aromatic heterocycles. The average Bonchev–Trinajstić information content (AvgIpc) is 2.45. The van der Waals surface area contributed by atoms with Gasteiger partial charge in [-0.25, -0.2) is 4.79 Å². The first kappa shape index (κ1) is 12.4. The number of rotatable bonds is 2. The van der Waals surface area contributed by atoms with Crippen LogP contribution in [-0.4, -0.2) is 17.7 Å². The Bertz CT molecular complexity index is 456. The van der Waals surface area contributed by atoms with Gasteiger partial charge in [0.05, 0.1) is 11.5 Å². The van der Waals surface area contributed by atoms with Crippen LogP contribution in [-0.2, 0) is 14.3 Å². The third kappa shape index (κ3) is 3.51. The predicted molar refractivity (Wildman–Crippen MR) is 60.2 cm³/mol. The third-order valence-corrected chi connectivity index (χ3v) is 2.51. The summed E-state index contributed by atoms with van der Waals surface area (Å²) in [5.41, 5.74) is -0.298. The molecule has 84 valence electrons. The fourth-order valence-electron chi connectivity index (χ4n) is 0.930. The van der Waals surface area contributed by atoms with Gasteiger partial charge in [-0.2, -0.15) is 0 Å². The Hall–Kier alpha value is -1.62. The highest BCUT2D eigenvalue weighted by atomic mass is 32.2. The first-order valence-corrected chi connectivity index (χ1v) is 5.45. The van der Waals surface area contributed by atoms with E-state index in [4.69, 9.17) is 0 Å². The summed E-state index contributed by atoms with van der Waals surface area (Å²) in [5, 5.41) is -0.787. The molecule has 1 aromatic rings. The van der Waals surface area contributed by atoms with Crippen molar-refractivity contribution in [2.75, 3.05) is 6.61 Å². The zero-order chi connectivity index (χ0) is 12.0. The molecule has 4 nitrogen and oxygen atoms in total. The lowest BCUT2D eigenvalue weighted by Gasteiger charge is -1.98. The molecular weight excluding hydrogens is 228 g/mol. The van der Waals surface area contributed by atoms with Crippen LogP contribution in [0.3, 0.4) is 0 Å². The molecule has 5 heteroatoms. The topological polar surface area (TPSA) is 60.4 Å². The zero-order valence-corrected chi connectivity index (χ0v) is 9.45. The van der Waals surface area contributed by atoms with Crippen molar-refractivity contribution in [2.24, 2.45) is 0 Å². The molecule has 0 N–H and O–H groups in total. The Morgan fingerprint density at radius 2 is 1.94 bits per heavy atom. The van der Waals surface area contributed by atoms with Crippen LogP contribution in [0, 0.1) is 0 Å². The Morgan fingerprint density at radius 3 is 2.62 bits per heavy atom. The maximum absolute atomic E-state index is 11.4. The van der Waals surface area contributed by atoms with Crippen LogP contribution in [0.1, 0.15) is 6.92 Å². The fraction of sp³-hybridized carbons (Fsp3) is 0.182. The van der Waals surface area contributed by atoms with E-state index in [-0.39, 0.29) is 16.9 Å². The Kier molecular flexibility index (Phi) is 4.72. The summed E-state index contributed by atoms with van der Waals surface area (Å²) in [6.07, 6.45) is 0. The molecule has 16 heavy (non-hydrogen) atoms. The Labute approximate surface area is 96.6 Å². The molecule has 0 atom stereocenters. The van der Waals surface area contributed by atoms with Crippen molar-refractivity contribution < 1.29 is 14.3 Å². The van der Waals surface area contributed by atoms with E-state index in [1.54, 1.807) is 25.1 Å². The molecule has 1 rings (SSSR count). The maximum Gasteiger partial charge on any atom is 0.386 e.